The Balaban J connectivity index is 1.84. The van der Waals surface area contributed by atoms with Crippen molar-refractivity contribution in [1.82, 2.24) is 4.98 Å². The highest BCUT2D eigenvalue weighted by atomic mass is 32.1. The van der Waals surface area contributed by atoms with Gasteiger partial charge < -0.3 is 15.4 Å². The second kappa shape index (κ2) is 7.27. The molecule has 0 spiro atoms. The van der Waals surface area contributed by atoms with Gasteiger partial charge in [0.1, 0.15) is 5.00 Å². The van der Waals surface area contributed by atoms with Gasteiger partial charge in [0.15, 0.2) is 5.11 Å². The van der Waals surface area contributed by atoms with Gasteiger partial charge in [-0.05, 0) is 55.1 Å². The molecule has 0 saturated carbocycles. The molecule has 3 rings (SSSR count). The number of thiophene rings is 1. The third-order valence-electron chi connectivity index (χ3n) is 4.05. The summed E-state index contributed by atoms with van der Waals surface area (Å²) >= 11 is 6.96. The van der Waals surface area contributed by atoms with E-state index in [0.29, 0.717) is 16.6 Å². The summed E-state index contributed by atoms with van der Waals surface area (Å²) in [6, 6.07) is 3.71. The fraction of sp³-hybridized carbons (Fsp3) is 0.353. The van der Waals surface area contributed by atoms with Gasteiger partial charge in [-0.15, -0.1) is 11.3 Å². The maximum atomic E-state index is 12.3. The molecule has 2 aromatic heterocycles. The zero-order valence-corrected chi connectivity index (χ0v) is 15.2. The molecule has 0 bridgehead atoms. The molecule has 2 heterocycles. The van der Waals surface area contributed by atoms with E-state index in [9.17, 15) is 4.79 Å². The van der Waals surface area contributed by atoms with Crippen molar-refractivity contribution in [3.63, 3.8) is 0 Å². The minimum atomic E-state index is -0.311. The largest absolute Gasteiger partial charge is 0.465 e. The molecule has 2 aromatic rings. The van der Waals surface area contributed by atoms with Crippen LogP contribution in [0, 0.1) is 5.92 Å². The number of carbonyl (C=O) groups excluding carboxylic acids is 1. The van der Waals surface area contributed by atoms with Gasteiger partial charge in [0, 0.05) is 11.1 Å². The van der Waals surface area contributed by atoms with Crippen molar-refractivity contribution in [3.05, 3.63) is 40.5 Å². The highest BCUT2D eigenvalue weighted by molar-refractivity contribution is 7.80. The third-order valence-corrected chi connectivity index (χ3v) is 5.42. The lowest BCUT2D eigenvalue weighted by Gasteiger charge is -2.18. The lowest BCUT2D eigenvalue weighted by molar-refractivity contribution is 0.0601. The molecule has 1 atom stereocenters. The Kier molecular flexibility index (Phi) is 5.11. The average molecular weight is 361 g/mol. The normalized spacial score (nSPS) is 16.2. The van der Waals surface area contributed by atoms with Gasteiger partial charge >= 0.3 is 5.97 Å². The van der Waals surface area contributed by atoms with E-state index in [-0.39, 0.29) is 5.97 Å². The molecule has 1 aliphatic carbocycles. The number of ether oxygens (including phenoxy) is 1. The van der Waals surface area contributed by atoms with Crippen LogP contribution < -0.4 is 10.6 Å². The fourth-order valence-electron chi connectivity index (χ4n) is 2.86. The van der Waals surface area contributed by atoms with Crippen LogP contribution in [0.5, 0.6) is 0 Å². The topological polar surface area (TPSA) is 63.2 Å². The van der Waals surface area contributed by atoms with Crippen LogP contribution in [-0.2, 0) is 17.6 Å². The van der Waals surface area contributed by atoms with Gasteiger partial charge in [-0.2, -0.15) is 0 Å². The molecule has 0 aromatic carbocycles. The van der Waals surface area contributed by atoms with Crippen LogP contribution in [-0.4, -0.2) is 23.2 Å². The van der Waals surface area contributed by atoms with E-state index < -0.39 is 0 Å². The molecule has 0 radical (unpaired) electrons. The van der Waals surface area contributed by atoms with E-state index in [1.807, 2.05) is 12.1 Å². The number of nitrogens with zero attached hydrogens (tertiary/aromatic N) is 1. The number of rotatable bonds is 3. The molecule has 1 aliphatic rings. The molecule has 2 N–H and O–H groups in total. The highest BCUT2D eigenvalue weighted by Crippen LogP contribution is 2.40. The van der Waals surface area contributed by atoms with E-state index in [4.69, 9.17) is 17.0 Å². The van der Waals surface area contributed by atoms with E-state index in [2.05, 4.69) is 22.5 Å². The monoisotopic (exact) mass is 361 g/mol. The SMILES string of the molecule is COC(=O)c1c(NC(=S)Nc2cccnc2)sc2c1CCC(C)C2. The number of anilines is 2. The van der Waals surface area contributed by atoms with Gasteiger partial charge in [0.05, 0.1) is 24.6 Å². The molecule has 5 nitrogen and oxygen atoms in total. The quantitative estimate of drug-likeness (QED) is 0.639. The van der Waals surface area contributed by atoms with Gasteiger partial charge in [-0.25, -0.2) is 4.79 Å². The van der Waals surface area contributed by atoms with Gasteiger partial charge in [-0.1, -0.05) is 6.92 Å². The number of fused-ring (bicyclic) bond motifs is 1. The molecule has 1 unspecified atom stereocenters. The second-order valence-electron chi connectivity index (χ2n) is 5.87. The Morgan fingerprint density at radius 2 is 2.29 bits per heavy atom. The zero-order valence-electron chi connectivity index (χ0n) is 13.6. The van der Waals surface area contributed by atoms with Gasteiger partial charge in [0.25, 0.3) is 0 Å². The van der Waals surface area contributed by atoms with E-state index in [0.717, 1.165) is 35.5 Å². The van der Waals surface area contributed by atoms with Crippen LogP contribution in [0.2, 0.25) is 0 Å². The maximum Gasteiger partial charge on any atom is 0.341 e. The standard InChI is InChI=1S/C17H19N3O2S2/c1-10-5-6-12-13(8-10)24-15(14(12)16(21)22-2)20-17(23)19-11-4-3-7-18-9-11/h3-4,7,9-10H,5-6,8H2,1-2H3,(H2,19,20,23). The number of methoxy groups -OCH3 is 1. The summed E-state index contributed by atoms with van der Waals surface area (Å²) in [4.78, 5) is 17.6. The van der Waals surface area contributed by atoms with Crippen LogP contribution in [0.1, 0.15) is 34.1 Å². The molecular formula is C17H19N3O2S2. The Hall–Kier alpha value is -1.99. The summed E-state index contributed by atoms with van der Waals surface area (Å²) in [6.45, 7) is 2.24. The first-order valence-electron chi connectivity index (χ1n) is 7.79. The number of hydrogen-bond acceptors (Lipinski definition) is 5. The Morgan fingerprint density at radius 3 is 3.00 bits per heavy atom. The number of carbonyl (C=O) groups is 1. The Labute approximate surface area is 150 Å². The minimum absolute atomic E-state index is 0.311. The highest BCUT2D eigenvalue weighted by Gasteiger charge is 2.28. The average Bonchev–Trinajstić information content (AvgIpc) is 2.91. The first kappa shape index (κ1) is 16.9. The molecule has 0 aliphatic heterocycles. The molecule has 7 heteroatoms. The molecule has 126 valence electrons. The molecule has 0 fully saturated rings. The number of aromatic nitrogens is 1. The minimum Gasteiger partial charge on any atom is -0.465 e. The predicted octanol–water partition coefficient (Wildman–Crippen LogP) is 3.86. The van der Waals surface area contributed by atoms with Crippen LogP contribution in [0.25, 0.3) is 0 Å². The van der Waals surface area contributed by atoms with Crippen molar-refractivity contribution in [1.29, 1.82) is 0 Å². The summed E-state index contributed by atoms with van der Waals surface area (Å²) in [5, 5.41) is 7.42. The smallest absolute Gasteiger partial charge is 0.341 e. The van der Waals surface area contributed by atoms with E-state index in [1.54, 1.807) is 23.7 Å². The lowest BCUT2D eigenvalue weighted by atomic mass is 9.88. The van der Waals surface area contributed by atoms with Crippen molar-refractivity contribution >= 4 is 45.3 Å². The zero-order chi connectivity index (χ0) is 17.1. The summed E-state index contributed by atoms with van der Waals surface area (Å²) in [6.07, 6.45) is 6.38. The van der Waals surface area contributed by atoms with Gasteiger partial charge in [-0.3, -0.25) is 4.98 Å². The first-order chi connectivity index (χ1) is 11.6. The van der Waals surface area contributed by atoms with Crippen molar-refractivity contribution in [2.75, 3.05) is 17.7 Å². The molecule has 0 amide bonds. The van der Waals surface area contributed by atoms with Crippen LogP contribution in [0.15, 0.2) is 24.5 Å². The van der Waals surface area contributed by atoms with Crippen LogP contribution >= 0.6 is 23.6 Å². The first-order valence-corrected chi connectivity index (χ1v) is 9.01. The van der Waals surface area contributed by atoms with Gasteiger partial charge in [0.2, 0.25) is 0 Å². The number of nitrogens with one attached hydrogen (secondary N) is 2. The molecular weight excluding hydrogens is 342 g/mol. The summed E-state index contributed by atoms with van der Waals surface area (Å²) in [7, 11) is 1.41. The van der Waals surface area contributed by atoms with Crippen molar-refractivity contribution < 1.29 is 9.53 Å². The lowest BCUT2D eigenvalue weighted by Crippen LogP contribution is -2.20. The third kappa shape index (κ3) is 3.57. The Bertz CT molecular complexity index is 759. The summed E-state index contributed by atoms with van der Waals surface area (Å²) in [5.74, 6) is 0.323. The van der Waals surface area contributed by atoms with Crippen molar-refractivity contribution in [2.24, 2.45) is 5.92 Å². The predicted molar refractivity (Wildman–Crippen MR) is 101 cm³/mol. The molecule has 0 saturated heterocycles. The number of thiocarbonyl (C=S) groups is 1. The summed E-state index contributed by atoms with van der Waals surface area (Å²) in [5.41, 5.74) is 2.53. The van der Waals surface area contributed by atoms with Crippen LogP contribution in [0.4, 0.5) is 10.7 Å². The number of hydrogen-bond donors (Lipinski definition) is 2. The van der Waals surface area contributed by atoms with Crippen molar-refractivity contribution in [3.8, 4) is 0 Å². The van der Waals surface area contributed by atoms with E-state index >= 15 is 0 Å². The van der Waals surface area contributed by atoms with Crippen LogP contribution in [0.3, 0.4) is 0 Å². The Morgan fingerprint density at radius 1 is 1.46 bits per heavy atom. The number of esters is 1. The number of pyridine rings is 1. The summed E-state index contributed by atoms with van der Waals surface area (Å²) < 4.78 is 4.98. The maximum absolute atomic E-state index is 12.3. The van der Waals surface area contributed by atoms with Crippen molar-refractivity contribution in [2.45, 2.75) is 26.2 Å². The fourth-order valence-corrected chi connectivity index (χ4v) is 4.55. The second-order valence-corrected chi connectivity index (χ2v) is 7.38. The van der Waals surface area contributed by atoms with E-state index in [1.165, 1.54) is 12.0 Å². The molecule has 24 heavy (non-hydrogen) atoms.